The van der Waals surface area contributed by atoms with Gasteiger partial charge in [-0.2, -0.15) is 17.5 Å². The smallest absolute Gasteiger partial charge is 0.356 e. The fourth-order valence-electron chi connectivity index (χ4n) is 2.70. The number of nitrogens with zero attached hydrogens (tertiary/aromatic N) is 1. The van der Waals surface area contributed by atoms with Crippen LogP contribution >= 0.6 is 0 Å². The highest BCUT2D eigenvalue weighted by Gasteiger charge is 2.31. The van der Waals surface area contributed by atoms with Crippen LogP contribution < -0.4 is 5.32 Å². The van der Waals surface area contributed by atoms with E-state index in [4.69, 9.17) is 0 Å². The standard InChI is InChI=1S/C16H16F3N3O3S/c17-16(18,19)11-4-3-5-12(8-11)21-15(23)14-9-13(10-20-14)26(24,25)22-6-1-2-7-22/h3-5,8-10,20H,1-2,6-7H2,(H,21,23). The third kappa shape index (κ3) is 3.75. The summed E-state index contributed by atoms with van der Waals surface area (Å²) in [6, 6.07) is 5.37. The fraction of sp³-hybridized carbons (Fsp3) is 0.312. The first-order valence-electron chi connectivity index (χ1n) is 7.85. The van der Waals surface area contributed by atoms with Gasteiger partial charge in [0, 0.05) is 25.0 Å². The van der Waals surface area contributed by atoms with Crippen LogP contribution in [0.1, 0.15) is 28.9 Å². The van der Waals surface area contributed by atoms with Crippen molar-refractivity contribution in [2.75, 3.05) is 18.4 Å². The van der Waals surface area contributed by atoms with E-state index in [-0.39, 0.29) is 16.3 Å². The number of aromatic nitrogens is 1. The zero-order chi connectivity index (χ0) is 18.9. The second-order valence-electron chi connectivity index (χ2n) is 5.89. The number of rotatable bonds is 4. The van der Waals surface area contributed by atoms with Crippen LogP contribution in [0.15, 0.2) is 41.4 Å². The molecule has 1 aliphatic heterocycles. The highest BCUT2D eigenvalue weighted by molar-refractivity contribution is 7.89. The summed E-state index contributed by atoms with van der Waals surface area (Å²) in [5.74, 6) is -0.729. The number of carbonyl (C=O) groups excluding carboxylic acids is 1. The number of hydrogen-bond acceptors (Lipinski definition) is 3. The van der Waals surface area contributed by atoms with Crippen LogP contribution in [0.25, 0.3) is 0 Å². The van der Waals surface area contributed by atoms with Crippen molar-refractivity contribution in [3.8, 4) is 0 Å². The van der Waals surface area contributed by atoms with E-state index >= 15 is 0 Å². The average Bonchev–Trinajstić information content (AvgIpc) is 3.26. The Kier molecular flexibility index (Phi) is 4.80. The first kappa shape index (κ1) is 18.5. The third-order valence-corrected chi connectivity index (χ3v) is 5.93. The summed E-state index contributed by atoms with van der Waals surface area (Å²) < 4.78 is 64.4. The molecule has 0 atom stereocenters. The van der Waals surface area contributed by atoms with Crippen molar-refractivity contribution < 1.29 is 26.4 Å². The molecule has 1 saturated heterocycles. The quantitative estimate of drug-likeness (QED) is 0.846. The van der Waals surface area contributed by atoms with Crippen LogP contribution in [0.2, 0.25) is 0 Å². The van der Waals surface area contributed by atoms with Gasteiger partial charge in [0.05, 0.1) is 5.56 Å². The molecule has 0 spiro atoms. The number of amides is 1. The molecule has 2 N–H and O–H groups in total. The maximum absolute atomic E-state index is 12.7. The van der Waals surface area contributed by atoms with Gasteiger partial charge in [0.2, 0.25) is 10.0 Å². The lowest BCUT2D eigenvalue weighted by Crippen LogP contribution is -2.27. The molecule has 1 aromatic carbocycles. The van der Waals surface area contributed by atoms with Crippen molar-refractivity contribution in [1.29, 1.82) is 0 Å². The molecule has 0 unspecified atom stereocenters. The summed E-state index contributed by atoms with van der Waals surface area (Å²) in [6.07, 6.45) is -1.75. The van der Waals surface area contributed by atoms with Crippen LogP contribution in [0.3, 0.4) is 0 Å². The highest BCUT2D eigenvalue weighted by atomic mass is 32.2. The summed E-state index contributed by atoms with van der Waals surface area (Å²) in [5, 5.41) is 2.33. The molecule has 0 bridgehead atoms. The number of hydrogen-bond donors (Lipinski definition) is 2. The molecule has 3 rings (SSSR count). The van der Waals surface area contributed by atoms with E-state index in [9.17, 15) is 26.4 Å². The van der Waals surface area contributed by atoms with Gasteiger partial charge in [0.15, 0.2) is 0 Å². The molecule has 2 heterocycles. The Hall–Kier alpha value is -2.33. The fourth-order valence-corrected chi connectivity index (χ4v) is 4.22. The van der Waals surface area contributed by atoms with E-state index in [1.807, 2.05) is 0 Å². The van der Waals surface area contributed by atoms with Gasteiger partial charge < -0.3 is 10.3 Å². The van der Waals surface area contributed by atoms with E-state index in [1.54, 1.807) is 0 Å². The number of alkyl halides is 3. The lowest BCUT2D eigenvalue weighted by molar-refractivity contribution is -0.137. The molecular formula is C16H16F3N3O3S. The third-order valence-electron chi connectivity index (χ3n) is 4.05. The largest absolute Gasteiger partial charge is 0.416 e. The molecule has 1 fully saturated rings. The van der Waals surface area contributed by atoms with Gasteiger partial charge in [-0.25, -0.2) is 8.42 Å². The second kappa shape index (κ2) is 6.76. The molecule has 1 aromatic heterocycles. The van der Waals surface area contributed by atoms with E-state index in [0.717, 1.165) is 25.0 Å². The van der Waals surface area contributed by atoms with E-state index in [2.05, 4.69) is 10.3 Å². The van der Waals surface area contributed by atoms with Gasteiger partial charge in [-0.15, -0.1) is 0 Å². The van der Waals surface area contributed by atoms with Crippen molar-refractivity contribution in [2.24, 2.45) is 0 Å². The van der Waals surface area contributed by atoms with Gasteiger partial charge in [0.25, 0.3) is 5.91 Å². The summed E-state index contributed by atoms with van der Waals surface area (Å²) >= 11 is 0. The maximum atomic E-state index is 12.7. The first-order valence-corrected chi connectivity index (χ1v) is 9.29. The van der Waals surface area contributed by atoms with Crippen LogP contribution in [0, 0.1) is 0 Å². The SMILES string of the molecule is O=C(Nc1cccc(C(F)(F)F)c1)c1cc(S(=O)(=O)N2CCCC2)c[nH]1. The summed E-state index contributed by atoms with van der Waals surface area (Å²) in [6.45, 7) is 0.860. The van der Waals surface area contributed by atoms with Gasteiger partial charge in [-0.05, 0) is 37.1 Å². The second-order valence-corrected chi connectivity index (χ2v) is 7.83. The predicted molar refractivity (Wildman–Crippen MR) is 88.2 cm³/mol. The molecule has 1 aliphatic rings. The Balaban J connectivity index is 1.77. The Morgan fingerprint density at radius 3 is 2.50 bits per heavy atom. The minimum absolute atomic E-state index is 0.0385. The monoisotopic (exact) mass is 387 g/mol. The molecule has 140 valence electrons. The molecule has 10 heteroatoms. The van der Waals surface area contributed by atoms with Gasteiger partial charge in [-0.1, -0.05) is 6.07 Å². The molecule has 0 saturated carbocycles. The number of aromatic amines is 1. The van der Waals surface area contributed by atoms with Crippen LogP contribution in [-0.4, -0.2) is 36.7 Å². The molecule has 1 amide bonds. The molecular weight excluding hydrogens is 371 g/mol. The van der Waals surface area contributed by atoms with Crippen molar-refractivity contribution in [3.05, 3.63) is 47.8 Å². The molecule has 2 aromatic rings. The van der Waals surface area contributed by atoms with Crippen molar-refractivity contribution in [1.82, 2.24) is 9.29 Å². The van der Waals surface area contributed by atoms with E-state index < -0.39 is 27.7 Å². The van der Waals surface area contributed by atoms with Gasteiger partial charge in [0.1, 0.15) is 10.6 Å². The predicted octanol–water partition coefficient (Wildman–Crippen LogP) is 3.07. The van der Waals surface area contributed by atoms with Gasteiger partial charge >= 0.3 is 6.18 Å². The Labute approximate surface area is 148 Å². The number of halogens is 3. The zero-order valence-electron chi connectivity index (χ0n) is 13.5. The van der Waals surface area contributed by atoms with Crippen LogP contribution in [-0.2, 0) is 16.2 Å². The average molecular weight is 387 g/mol. The Morgan fingerprint density at radius 2 is 1.85 bits per heavy atom. The summed E-state index contributed by atoms with van der Waals surface area (Å²) in [4.78, 5) is 14.7. The molecule has 26 heavy (non-hydrogen) atoms. The summed E-state index contributed by atoms with van der Waals surface area (Å²) in [5.41, 5.74) is -0.984. The minimum atomic E-state index is -4.52. The number of carbonyl (C=O) groups is 1. The lowest BCUT2D eigenvalue weighted by Gasteiger charge is -2.13. The number of H-pyrrole nitrogens is 1. The first-order chi connectivity index (χ1) is 12.2. The summed E-state index contributed by atoms with van der Waals surface area (Å²) in [7, 11) is -3.68. The van der Waals surface area contributed by atoms with Crippen molar-refractivity contribution in [2.45, 2.75) is 23.9 Å². The lowest BCUT2D eigenvalue weighted by atomic mass is 10.2. The number of sulfonamides is 1. The molecule has 6 nitrogen and oxygen atoms in total. The number of nitrogens with one attached hydrogen (secondary N) is 2. The van der Waals surface area contributed by atoms with Crippen molar-refractivity contribution in [3.63, 3.8) is 0 Å². The van der Waals surface area contributed by atoms with Crippen LogP contribution in [0.5, 0.6) is 0 Å². The Morgan fingerprint density at radius 1 is 1.15 bits per heavy atom. The minimum Gasteiger partial charge on any atom is -0.356 e. The van der Waals surface area contributed by atoms with Crippen LogP contribution in [0.4, 0.5) is 18.9 Å². The normalized spacial score (nSPS) is 16.0. The highest BCUT2D eigenvalue weighted by Crippen LogP contribution is 2.30. The zero-order valence-corrected chi connectivity index (χ0v) is 14.3. The number of benzene rings is 1. The maximum Gasteiger partial charge on any atom is 0.416 e. The molecule has 0 aliphatic carbocycles. The molecule has 0 radical (unpaired) electrons. The Bertz CT molecular complexity index is 916. The van der Waals surface area contributed by atoms with Gasteiger partial charge in [-0.3, -0.25) is 4.79 Å². The topological polar surface area (TPSA) is 82.3 Å². The van der Waals surface area contributed by atoms with Crippen molar-refractivity contribution >= 4 is 21.6 Å². The number of anilines is 1. The van der Waals surface area contributed by atoms with E-state index in [0.29, 0.717) is 13.1 Å². The van der Waals surface area contributed by atoms with E-state index in [1.165, 1.54) is 28.7 Å².